The number of para-hydroxylation sites is 2. The number of nitrogens with one attached hydrogen (secondary N) is 2. The quantitative estimate of drug-likeness (QED) is 0.465. The van der Waals surface area contributed by atoms with Gasteiger partial charge in [-0.3, -0.25) is 10.1 Å². The lowest BCUT2D eigenvalue weighted by Crippen LogP contribution is -2.13. The average molecular weight is 287 g/mol. The van der Waals surface area contributed by atoms with Gasteiger partial charge in [-0.25, -0.2) is 0 Å². The highest BCUT2D eigenvalue weighted by molar-refractivity contribution is 5.75. The summed E-state index contributed by atoms with van der Waals surface area (Å²) in [4.78, 5) is 10.8. The fourth-order valence-electron chi connectivity index (χ4n) is 1.96. The molecule has 2 aromatic carbocycles. The van der Waals surface area contributed by atoms with Crippen LogP contribution >= 0.6 is 0 Å². The van der Waals surface area contributed by atoms with Crippen molar-refractivity contribution in [3.8, 4) is 5.75 Å². The van der Waals surface area contributed by atoms with Crippen LogP contribution in [0.1, 0.15) is 0 Å². The van der Waals surface area contributed by atoms with E-state index in [4.69, 9.17) is 4.74 Å². The van der Waals surface area contributed by atoms with E-state index in [-0.39, 0.29) is 5.69 Å². The van der Waals surface area contributed by atoms with Gasteiger partial charge >= 0.3 is 5.69 Å². The van der Waals surface area contributed by atoms with E-state index in [0.29, 0.717) is 24.5 Å². The SMILES string of the molecule is CNc1cccc(NCCOc2ccccc2)c1[N+](=O)[O-]. The molecule has 0 aliphatic heterocycles. The van der Waals surface area contributed by atoms with E-state index in [9.17, 15) is 10.1 Å². The third-order valence-electron chi connectivity index (χ3n) is 2.92. The van der Waals surface area contributed by atoms with Crippen molar-refractivity contribution in [2.75, 3.05) is 30.8 Å². The molecule has 2 rings (SSSR count). The fourth-order valence-corrected chi connectivity index (χ4v) is 1.96. The van der Waals surface area contributed by atoms with Crippen LogP contribution in [0.25, 0.3) is 0 Å². The summed E-state index contributed by atoms with van der Waals surface area (Å²) < 4.78 is 5.54. The molecular formula is C15H17N3O3. The highest BCUT2D eigenvalue weighted by atomic mass is 16.6. The summed E-state index contributed by atoms with van der Waals surface area (Å²) in [5, 5.41) is 17.0. The smallest absolute Gasteiger partial charge is 0.315 e. The molecular weight excluding hydrogens is 270 g/mol. The van der Waals surface area contributed by atoms with Crippen molar-refractivity contribution in [1.29, 1.82) is 0 Å². The topological polar surface area (TPSA) is 76.4 Å². The van der Waals surface area contributed by atoms with Gasteiger partial charge in [0.2, 0.25) is 0 Å². The van der Waals surface area contributed by atoms with Crippen LogP contribution in [-0.2, 0) is 0 Å². The molecule has 0 unspecified atom stereocenters. The summed E-state index contributed by atoms with van der Waals surface area (Å²) in [6.07, 6.45) is 0. The van der Waals surface area contributed by atoms with Crippen molar-refractivity contribution < 1.29 is 9.66 Å². The van der Waals surface area contributed by atoms with Crippen LogP contribution in [0.3, 0.4) is 0 Å². The van der Waals surface area contributed by atoms with Crippen LogP contribution in [-0.4, -0.2) is 25.1 Å². The van der Waals surface area contributed by atoms with Gasteiger partial charge in [0.15, 0.2) is 0 Å². The van der Waals surface area contributed by atoms with Gasteiger partial charge in [0.25, 0.3) is 0 Å². The Morgan fingerprint density at radius 1 is 1.10 bits per heavy atom. The van der Waals surface area contributed by atoms with Crippen LogP contribution in [0.4, 0.5) is 17.1 Å². The number of hydrogen-bond donors (Lipinski definition) is 2. The molecule has 0 heterocycles. The predicted octanol–water partition coefficient (Wildman–Crippen LogP) is 3.13. The summed E-state index contributed by atoms with van der Waals surface area (Å²) in [7, 11) is 1.66. The van der Waals surface area contributed by atoms with Gasteiger partial charge < -0.3 is 15.4 Å². The number of nitrogens with zero attached hydrogens (tertiary/aromatic N) is 1. The fraction of sp³-hybridized carbons (Fsp3) is 0.200. The van der Waals surface area contributed by atoms with Crippen molar-refractivity contribution in [2.45, 2.75) is 0 Å². The highest BCUT2D eigenvalue weighted by Crippen LogP contribution is 2.32. The molecule has 0 radical (unpaired) electrons. The Morgan fingerprint density at radius 2 is 1.81 bits per heavy atom. The molecule has 0 atom stereocenters. The van der Waals surface area contributed by atoms with Crippen LogP contribution < -0.4 is 15.4 Å². The van der Waals surface area contributed by atoms with Gasteiger partial charge in [-0.2, -0.15) is 0 Å². The normalized spacial score (nSPS) is 9.95. The Hall–Kier alpha value is -2.76. The molecule has 0 bridgehead atoms. The Morgan fingerprint density at radius 3 is 2.48 bits per heavy atom. The van der Waals surface area contributed by atoms with Crippen molar-refractivity contribution in [3.05, 3.63) is 58.6 Å². The van der Waals surface area contributed by atoms with E-state index in [1.165, 1.54) is 0 Å². The first-order valence-electron chi connectivity index (χ1n) is 6.59. The third-order valence-corrected chi connectivity index (χ3v) is 2.92. The zero-order valence-electron chi connectivity index (χ0n) is 11.7. The summed E-state index contributed by atoms with van der Waals surface area (Å²) in [6, 6.07) is 14.5. The first kappa shape index (κ1) is 14.6. The molecule has 21 heavy (non-hydrogen) atoms. The average Bonchev–Trinajstić information content (AvgIpc) is 2.52. The molecule has 0 aliphatic carbocycles. The van der Waals surface area contributed by atoms with Crippen LogP contribution in [0.15, 0.2) is 48.5 Å². The zero-order valence-corrected chi connectivity index (χ0v) is 11.7. The number of rotatable bonds is 7. The standard InChI is InChI=1S/C15H17N3O3/c1-16-13-8-5-9-14(15(13)18(19)20)17-10-11-21-12-6-3-2-4-7-12/h2-9,16-17H,10-11H2,1H3. The maximum atomic E-state index is 11.1. The minimum Gasteiger partial charge on any atom is -0.492 e. The van der Waals surface area contributed by atoms with E-state index in [1.54, 1.807) is 25.2 Å². The highest BCUT2D eigenvalue weighted by Gasteiger charge is 2.18. The van der Waals surface area contributed by atoms with Gasteiger partial charge in [-0.05, 0) is 24.3 Å². The van der Waals surface area contributed by atoms with E-state index >= 15 is 0 Å². The van der Waals surface area contributed by atoms with Crippen molar-refractivity contribution in [3.63, 3.8) is 0 Å². The molecule has 6 heteroatoms. The molecule has 0 spiro atoms. The summed E-state index contributed by atoms with van der Waals surface area (Å²) >= 11 is 0. The van der Waals surface area contributed by atoms with Gasteiger partial charge in [0, 0.05) is 13.6 Å². The van der Waals surface area contributed by atoms with Crippen LogP contribution in [0, 0.1) is 10.1 Å². The number of nitro benzene ring substituents is 1. The van der Waals surface area contributed by atoms with Gasteiger partial charge in [-0.15, -0.1) is 0 Å². The lowest BCUT2D eigenvalue weighted by Gasteiger charge is -2.10. The second-order valence-electron chi connectivity index (χ2n) is 4.30. The minimum atomic E-state index is -0.397. The molecule has 6 nitrogen and oxygen atoms in total. The molecule has 2 aromatic rings. The van der Waals surface area contributed by atoms with Crippen molar-refractivity contribution in [2.24, 2.45) is 0 Å². The predicted molar refractivity (Wildman–Crippen MR) is 83.1 cm³/mol. The molecule has 2 N–H and O–H groups in total. The lowest BCUT2D eigenvalue weighted by atomic mass is 10.2. The van der Waals surface area contributed by atoms with Crippen LogP contribution in [0.2, 0.25) is 0 Å². The van der Waals surface area contributed by atoms with Crippen molar-refractivity contribution in [1.82, 2.24) is 0 Å². The first-order valence-corrected chi connectivity index (χ1v) is 6.59. The van der Waals surface area contributed by atoms with Crippen LogP contribution in [0.5, 0.6) is 5.75 Å². The first-order chi connectivity index (χ1) is 10.2. The molecule has 0 saturated heterocycles. The minimum absolute atomic E-state index is 0.0414. The second-order valence-corrected chi connectivity index (χ2v) is 4.30. The lowest BCUT2D eigenvalue weighted by molar-refractivity contribution is -0.383. The Bertz CT molecular complexity index is 602. The number of nitro groups is 1. The number of hydrogen-bond acceptors (Lipinski definition) is 5. The Balaban J connectivity index is 1.95. The molecule has 110 valence electrons. The van der Waals surface area contributed by atoms with Crippen molar-refractivity contribution >= 4 is 17.1 Å². The van der Waals surface area contributed by atoms with E-state index in [2.05, 4.69) is 10.6 Å². The maximum Gasteiger partial charge on any atom is 0.315 e. The van der Waals surface area contributed by atoms with Gasteiger partial charge in [0.1, 0.15) is 23.7 Å². The molecule has 0 amide bonds. The molecule has 0 aliphatic rings. The second kappa shape index (κ2) is 7.14. The van der Waals surface area contributed by atoms with Gasteiger partial charge in [-0.1, -0.05) is 24.3 Å². The monoisotopic (exact) mass is 287 g/mol. The Labute approximate surface area is 122 Å². The largest absolute Gasteiger partial charge is 0.492 e. The van der Waals surface area contributed by atoms with E-state index < -0.39 is 4.92 Å². The number of ether oxygens (including phenoxy) is 1. The Kier molecular flexibility index (Phi) is 4.98. The molecule has 0 fully saturated rings. The summed E-state index contributed by atoms with van der Waals surface area (Å²) in [5.74, 6) is 0.776. The zero-order chi connectivity index (χ0) is 15.1. The summed E-state index contributed by atoms with van der Waals surface area (Å²) in [6.45, 7) is 0.897. The third kappa shape index (κ3) is 3.85. The van der Waals surface area contributed by atoms with E-state index in [1.807, 2.05) is 30.3 Å². The number of anilines is 2. The maximum absolute atomic E-state index is 11.1. The van der Waals surface area contributed by atoms with Gasteiger partial charge in [0.05, 0.1) is 4.92 Å². The summed E-state index contributed by atoms with van der Waals surface area (Å²) in [5.41, 5.74) is 0.997. The molecule has 0 saturated carbocycles. The number of benzene rings is 2. The van der Waals surface area contributed by atoms with E-state index in [0.717, 1.165) is 5.75 Å². The molecule has 0 aromatic heterocycles.